The monoisotopic (exact) mass is 312 g/mol. The lowest BCUT2D eigenvalue weighted by Crippen LogP contribution is -2.45. The smallest absolute Gasteiger partial charge is 0.242 e. The molecule has 0 bridgehead atoms. The minimum absolute atomic E-state index is 0. The van der Waals surface area contributed by atoms with Gasteiger partial charge >= 0.3 is 0 Å². The maximum absolute atomic E-state index is 12.0. The molecule has 0 radical (unpaired) electrons. The quantitative estimate of drug-likeness (QED) is 0.894. The van der Waals surface area contributed by atoms with E-state index >= 15 is 0 Å². The Morgan fingerprint density at radius 1 is 1.39 bits per heavy atom. The lowest BCUT2D eigenvalue weighted by atomic mass is 10.1. The third-order valence-corrected chi connectivity index (χ3v) is 3.98. The van der Waals surface area contributed by atoms with Crippen molar-refractivity contribution in [2.45, 2.75) is 31.2 Å². The second-order valence-electron chi connectivity index (χ2n) is 4.75. The maximum Gasteiger partial charge on any atom is 0.242 e. The topological polar surface area (TPSA) is 72.2 Å². The number of halogens is 2. The fourth-order valence-electron chi connectivity index (χ4n) is 1.18. The third kappa shape index (κ3) is 5.12. The van der Waals surface area contributed by atoms with E-state index in [9.17, 15) is 8.42 Å². The van der Waals surface area contributed by atoms with Gasteiger partial charge < -0.3 is 5.73 Å². The summed E-state index contributed by atoms with van der Waals surface area (Å²) in [5.74, 6) is 0. The van der Waals surface area contributed by atoms with Gasteiger partial charge in [-0.05, 0) is 38.5 Å². The molecule has 0 amide bonds. The lowest BCUT2D eigenvalue weighted by Gasteiger charge is -2.19. The summed E-state index contributed by atoms with van der Waals surface area (Å²) in [6.45, 7) is 5.45. The molecule has 0 aliphatic heterocycles. The van der Waals surface area contributed by atoms with Crippen LogP contribution in [0.25, 0.3) is 0 Å². The molecule has 0 saturated heterocycles. The summed E-state index contributed by atoms with van der Waals surface area (Å²) < 4.78 is 26.4. The summed E-state index contributed by atoms with van der Waals surface area (Å²) in [5, 5.41) is 0.206. The predicted molar refractivity (Wildman–Crippen MR) is 76.9 cm³/mol. The molecule has 0 aliphatic carbocycles. The van der Waals surface area contributed by atoms with Crippen LogP contribution < -0.4 is 10.5 Å². The highest BCUT2D eigenvalue weighted by molar-refractivity contribution is 7.89. The molecule has 7 heteroatoms. The zero-order valence-electron chi connectivity index (χ0n) is 10.5. The number of nitrogens with one attached hydrogen (secondary N) is 1. The van der Waals surface area contributed by atoms with Crippen LogP contribution in [0, 0.1) is 6.92 Å². The van der Waals surface area contributed by atoms with Gasteiger partial charge in [-0.1, -0.05) is 17.7 Å². The molecule has 1 aromatic carbocycles. The van der Waals surface area contributed by atoms with Crippen molar-refractivity contribution in [1.29, 1.82) is 0 Å². The van der Waals surface area contributed by atoms with E-state index in [1.807, 2.05) is 6.92 Å². The highest BCUT2D eigenvalue weighted by Gasteiger charge is 2.21. The van der Waals surface area contributed by atoms with Crippen molar-refractivity contribution in [3.8, 4) is 0 Å². The first-order valence-corrected chi connectivity index (χ1v) is 7.03. The summed E-state index contributed by atoms with van der Waals surface area (Å²) in [5.41, 5.74) is 5.96. The number of hydrogen-bond donors (Lipinski definition) is 2. The summed E-state index contributed by atoms with van der Waals surface area (Å²) in [4.78, 5) is 0.0865. The van der Waals surface area contributed by atoms with Gasteiger partial charge in [0.25, 0.3) is 0 Å². The number of benzene rings is 1. The molecule has 0 aromatic heterocycles. The molecule has 0 aliphatic rings. The first-order chi connectivity index (χ1) is 7.62. The van der Waals surface area contributed by atoms with E-state index in [1.165, 1.54) is 6.07 Å². The molecule has 0 saturated carbocycles. The molecule has 3 N–H and O–H groups in total. The molecule has 4 nitrogen and oxygen atoms in total. The summed E-state index contributed by atoms with van der Waals surface area (Å²) in [6.07, 6.45) is 0. The lowest BCUT2D eigenvalue weighted by molar-refractivity contribution is 0.498. The maximum atomic E-state index is 12.0. The Bertz CT molecular complexity index is 510. The highest BCUT2D eigenvalue weighted by atomic mass is 35.5. The Balaban J connectivity index is 0.00000289. The number of sulfonamides is 1. The first-order valence-electron chi connectivity index (χ1n) is 5.16. The van der Waals surface area contributed by atoms with Gasteiger partial charge in [-0.25, -0.2) is 13.1 Å². The van der Waals surface area contributed by atoms with Gasteiger partial charge in [0.15, 0.2) is 0 Å². The molecule has 1 aromatic rings. The molecule has 0 atom stereocenters. The fraction of sp³-hybridized carbons (Fsp3) is 0.455. The van der Waals surface area contributed by atoms with Crippen LogP contribution in [0.5, 0.6) is 0 Å². The molecule has 0 fully saturated rings. The van der Waals surface area contributed by atoms with Crippen molar-refractivity contribution < 1.29 is 8.42 Å². The van der Waals surface area contributed by atoms with Crippen molar-refractivity contribution in [2.24, 2.45) is 5.73 Å². The van der Waals surface area contributed by atoms with E-state index in [4.69, 9.17) is 17.3 Å². The van der Waals surface area contributed by atoms with E-state index in [-0.39, 0.29) is 28.9 Å². The summed E-state index contributed by atoms with van der Waals surface area (Å²) in [6, 6.07) is 4.86. The molecule has 0 spiro atoms. The molecule has 0 unspecified atom stereocenters. The number of hydrogen-bond acceptors (Lipinski definition) is 3. The number of rotatable bonds is 4. The molecule has 1 rings (SSSR count). The van der Waals surface area contributed by atoms with Crippen LogP contribution in [-0.2, 0) is 10.0 Å². The van der Waals surface area contributed by atoms with Crippen molar-refractivity contribution in [1.82, 2.24) is 4.72 Å². The van der Waals surface area contributed by atoms with E-state index in [1.54, 1.807) is 26.0 Å². The minimum atomic E-state index is -3.61. The zero-order valence-corrected chi connectivity index (χ0v) is 12.9. The molecular weight excluding hydrogens is 295 g/mol. The van der Waals surface area contributed by atoms with Crippen LogP contribution in [-0.4, -0.2) is 20.5 Å². The summed E-state index contributed by atoms with van der Waals surface area (Å²) in [7, 11) is -3.61. The van der Waals surface area contributed by atoms with Gasteiger partial charge in [0, 0.05) is 12.1 Å². The second-order valence-corrected chi connectivity index (χ2v) is 6.89. The van der Waals surface area contributed by atoms with Gasteiger partial charge in [0.1, 0.15) is 4.90 Å². The van der Waals surface area contributed by atoms with Crippen LogP contribution in [0.15, 0.2) is 23.1 Å². The Morgan fingerprint density at radius 3 is 2.44 bits per heavy atom. The van der Waals surface area contributed by atoms with E-state index in [0.29, 0.717) is 0 Å². The van der Waals surface area contributed by atoms with E-state index < -0.39 is 15.6 Å². The zero-order chi connectivity index (χ0) is 13.3. The predicted octanol–water partition coefficient (Wildman–Crippen LogP) is 2.09. The van der Waals surface area contributed by atoms with Gasteiger partial charge in [-0.15, -0.1) is 12.4 Å². The average molecular weight is 313 g/mol. The first kappa shape index (κ1) is 17.7. The molecular formula is C11H18Cl2N2O2S. The van der Waals surface area contributed by atoms with Gasteiger partial charge in [0.2, 0.25) is 10.0 Å². The number of aryl methyl sites for hydroxylation is 1. The van der Waals surface area contributed by atoms with Crippen LogP contribution >= 0.6 is 24.0 Å². The minimum Gasteiger partial charge on any atom is -0.324 e. The second kappa shape index (κ2) is 6.21. The highest BCUT2D eigenvalue weighted by Crippen LogP contribution is 2.22. The Kier molecular flexibility index (Phi) is 6.10. The third-order valence-electron chi connectivity index (χ3n) is 2.09. The van der Waals surface area contributed by atoms with Gasteiger partial charge in [-0.3, -0.25) is 0 Å². The van der Waals surface area contributed by atoms with Gasteiger partial charge in [-0.2, -0.15) is 0 Å². The van der Waals surface area contributed by atoms with Crippen molar-refractivity contribution in [3.05, 3.63) is 28.8 Å². The van der Waals surface area contributed by atoms with Crippen molar-refractivity contribution in [3.63, 3.8) is 0 Å². The molecule has 0 heterocycles. The SMILES string of the molecule is Cc1ccc(Cl)c(S(=O)(=O)NCC(C)(C)N)c1.Cl. The summed E-state index contributed by atoms with van der Waals surface area (Å²) >= 11 is 5.88. The standard InChI is InChI=1S/C11H17ClN2O2S.ClH/c1-8-4-5-9(12)10(6-8)17(15,16)14-7-11(2,3)13;/h4-6,14H,7,13H2,1-3H3;1H. The van der Waals surface area contributed by atoms with Crippen LogP contribution in [0.2, 0.25) is 5.02 Å². The van der Waals surface area contributed by atoms with Crippen LogP contribution in [0.1, 0.15) is 19.4 Å². The Hall–Kier alpha value is -0.330. The van der Waals surface area contributed by atoms with Gasteiger partial charge in [0.05, 0.1) is 5.02 Å². The average Bonchev–Trinajstić information content (AvgIpc) is 2.18. The van der Waals surface area contributed by atoms with E-state index in [2.05, 4.69) is 4.72 Å². The molecule has 18 heavy (non-hydrogen) atoms. The van der Waals surface area contributed by atoms with Crippen molar-refractivity contribution in [2.75, 3.05) is 6.54 Å². The van der Waals surface area contributed by atoms with E-state index in [0.717, 1.165) is 5.56 Å². The Morgan fingerprint density at radius 2 is 1.94 bits per heavy atom. The largest absolute Gasteiger partial charge is 0.324 e. The molecule has 104 valence electrons. The van der Waals surface area contributed by atoms with Crippen molar-refractivity contribution >= 4 is 34.0 Å². The van der Waals surface area contributed by atoms with Crippen LogP contribution in [0.3, 0.4) is 0 Å². The Labute approximate surface area is 119 Å². The fourth-order valence-corrected chi connectivity index (χ4v) is 2.98. The number of nitrogens with two attached hydrogens (primary N) is 1. The normalized spacial score (nSPS) is 12.1. The van der Waals surface area contributed by atoms with Crippen LogP contribution in [0.4, 0.5) is 0 Å².